The van der Waals surface area contributed by atoms with E-state index in [0.717, 1.165) is 35.5 Å². The summed E-state index contributed by atoms with van der Waals surface area (Å²) in [6.45, 7) is 2.21. The second kappa shape index (κ2) is 7.47. The van der Waals surface area contributed by atoms with Crippen molar-refractivity contribution in [1.82, 2.24) is 5.32 Å². The van der Waals surface area contributed by atoms with Gasteiger partial charge in [-0.15, -0.1) is 0 Å². The fourth-order valence-corrected chi connectivity index (χ4v) is 2.65. The highest BCUT2D eigenvalue weighted by molar-refractivity contribution is 6.08. The standard InChI is InChI=1S/C19H23NO3/c1-22-18-10-9-17(15-5-2-3-6-16(15)18)19(21)20-11-4-12-23-13-14-7-8-14/h2-3,5-6,9-10,14H,4,7-8,11-13H2,1H3,(H,20,21). The van der Waals surface area contributed by atoms with Crippen molar-refractivity contribution in [2.45, 2.75) is 19.3 Å². The van der Waals surface area contributed by atoms with Gasteiger partial charge in [-0.3, -0.25) is 4.79 Å². The second-order valence-electron chi connectivity index (χ2n) is 5.99. The molecule has 3 rings (SSSR count). The van der Waals surface area contributed by atoms with Crippen LogP contribution in [0.25, 0.3) is 10.8 Å². The number of methoxy groups -OCH3 is 1. The first-order chi connectivity index (χ1) is 11.3. The van der Waals surface area contributed by atoms with E-state index in [9.17, 15) is 4.79 Å². The van der Waals surface area contributed by atoms with E-state index in [4.69, 9.17) is 9.47 Å². The Morgan fingerprint density at radius 2 is 1.96 bits per heavy atom. The summed E-state index contributed by atoms with van der Waals surface area (Å²) in [5.41, 5.74) is 0.681. The molecule has 1 saturated carbocycles. The first kappa shape index (κ1) is 15.8. The van der Waals surface area contributed by atoms with E-state index in [1.165, 1.54) is 12.8 Å². The second-order valence-corrected chi connectivity index (χ2v) is 5.99. The Morgan fingerprint density at radius 3 is 2.70 bits per heavy atom. The average Bonchev–Trinajstić information content (AvgIpc) is 3.41. The van der Waals surface area contributed by atoms with Gasteiger partial charge in [0.15, 0.2) is 0 Å². The van der Waals surface area contributed by atoms with Gasteiger partial charge in [0.05, 0.1) is 7.11 Å². The van der Waals surface area contributed by atoms with Crippen molar-refractivity contribution >= 4 is 16.7 Å². The highest BCUT2D eigenvalue weighted by Crippen LogP contribution is 2.29. The Bertz CT molecular complexity index is 679. The average molecular weight is 313 g/mol. The Labute approximate surface area is 136 Å². The number of rotatable bonds is 8. The highest BCUT2D eigenvalue weighted by Gasteiger charge is 2.20. The Morgan fingerprint density at radius 1 is 1.17 bits per heavy atom. The zero-order chi connectivity index (χ0) is 16.1. The quantitative estimate of drug-likeness (QED) is 0.760. The van der Waals surface area contributed by atoms with Crippen molar-refractivity contribution in [2.24, 2.45) is 5.92 Å². The molecule has 0 unspecified atom stereocenters. The maximum atomic E-state index is 12.4. The third-order valence-corrected chi connectivity index (χ3v) is 4.15. The lowest BCUT2D eigenvalue weighted by Gasteiger charge is -2.11. The van der Waals surface area contributed by atoms with Gasteiger partial charge in [0.1, 0.15) is 5.75 Å². The lowest BCUT2D eigenvalue weighted by atomic mass is 10.0. The summed E-state index contributed by atoms with van der Waals surface area (Å²) in [5, 5.41) is 4.84. The van der Waals surface area contributed by atoms with Crippen LogP contribution in [-0.4, -0.2) is 32.8 Å². The van der Waals surface area contributed by atoms with E-state index in [1.54, 1.807) is 7.11 Å². The van der Waals surface area contributed by atoms with Crippen molar-refractivity contribution < 1.29 is 14.3 Å². The number of nitrogens with one attached hydrogen (secondary N) is 1. The number of amides is 1. The lowest BCUT2D eigenvalue weighted by molar-refractivity contribution is 0.0939. The summed E-state index contributed by atoms with van der Waals surface area (Å²) in [5.74, 6) is 1.52. The molecule has 2 aromatic carbocycles. The fraction of sp³-hybridized carbons (Fsp3) is 0.421. The molecule has 0 bridgehead atoms. The Kier molecular flexibility index (Phi) is 5.13. The van der Waals surface area contributed by atoms with Crippen molar-refractivity contribution in [3.05, 3.63) is 42.0 Å². The molecule has 0 aromatic heterocycles. The Balaban J connectivity index is 1.57. The number of ether oxygens (including phenoxy) is 2. The normalized spacial score (nSPS) is 14.0. The van der Waals surface area contributed by atoms with E-state index in [0.29, 0.717) is 18.7 Å². The summed E-state index contributed by atoms with van der Waals surface area (Å²) >= 11 is 0. The summed E-state index contributed by atoms with van der Waals surface area (Å²) in [6.07, 6.45) is 3.45. The lowest BCUT2D eigenvalue weighted by Crippen LogP contribution is -2.25. The molecule has 1 aliphatic rings. The zero-order valence-corrected chi connectivity index (χ0v) is 13.5. The SMILES string of the molecule is COc1ccc(C(=O)NCCCOCC2CC2)c2ccccc12. The minimum Gasteiger partial charge on any atom is -0.496 e. The van der Waals surface area contributed by atoms with E-state index < -0.39 is 0 Å². The van der Waals surface area contributed by atoms with Crippen LogP contribution in [0.15, 0.2) is 36.4 Å². The molecule has 0 atom stereocenters. The fourth-order valence-electron chi connectivity index (χ4n) is 2.65. The van der Waals surface area contributed by atoms with Crippen molar-refractivity contribution in [3.63, 3.8) is 0 Å². The van der Waals surface area contributed by atoms with Gasteiger partial charge in [0.25, 0.3) is 5.91 Å². The molecule has 1 aliphatic carbocycles. The maximum Gasteiger partial charge on any atom is 0.251 e. The largest absolute Gasteiger partial charge is 0.496 e. The van der Waals surface area contributed by atoms with Gasteiger partial charge in [-0.2, -0.15) is 0 Å². The summed E-state index contributed by atoms with van der Waals surface area (Å²) in [6, 6.07) is 11.5. The zero-order valence-electron chi connectivity index (χ0n) is 13.5. The highest BCUT2D eigenvalue weighted by atomic mass is 16.5. The number of carbonyl (C=O) groups is 1. The van der Waals surface area contributed by atoms with Crippen LogP contribution in [0.5, 0.6) is 5.75 Å². The van der Waals surface area contributed by atoms with Crippen LogP contribution in [0.4, 0.5) is 0 Å². The van der Waals surface area contributed by atoms with Crippen LogP contribution in [0.3, 0.4) is 0 Å². The Hall–Kier alpha value is -2.07. The van der Waals surface area contributed by atoms with Crippen LogP contribution in [0.1, 0.15) is 29.6 Å². The maximum absolute atomic E-state index is 12.4. The van der Waals surface area contributed by atoms with Gasteiger partial charge >= 0.3 is 0 Å². The molecule has 1 N–H and O–H groups in total. The molecule has 4 nitrogen and oxygen atoms in total. The molecule has 0 saturated heterocycles. The van der Waals surface area contributed by atoms with Gasteiger partial charge in [-0.1, -0.05) is 24.3 Å². The van der Waals surface area contributed by atoms with Crippen LogP contribution < -0.4 is 10.1 Å². The van der Waals surface area contributed by atoms with Gasteiger partial charge in [0.2, 0.25) is 0 Å². The van der Waals surface area contributed by atoms with E-state index >= 15 is 0 Å². The minimum absolute atomic E-state index is 0.0500. The smallest absolute Gasteiger partial charge is 0.251 e. The summed E-state index contributed by atoms with van der Waals surface area (Å²) < 4.78 is 10.9. The molecular weight excluding hydrogens is 290 g/mol. The molecule has 122 valence electrons. The van der Waals surface area contributed by atoms with Crippen LogP contribution in [0.2, 0.25) is 0 Å². The van der Waals surface area contributed by atoms with Crippen molar-refractivity contribution in [1.29, 1.82) is 0 Å². The predicted octanol–water partition coefficient (Wildman–Crippen LogP) is 3.39. The number of fused-ring (bicyclic) bond motifs is 1. The molecule has 1 fully saturated rings. The number of hydrogen-bond donors (Lipinski definition) is 1. The molecule has 4 heteroatoms. The van der Waals surface area contributed by atoms with Gasteiger partial charge in [-0.25, -0.2) is 0 Å². The third kappa shape index (κ3) is 4.02. The van der Waals surface area contributed by atoms with Gasteiger partial charge in [0, 0.05) is 30.7 Å². The molecule has 0 radical (unpaired) electrons. The summed E-state index contributed by atoms with van der Waals surface area (Å²) in [7, 11) is 1.64. The molecule has 0 heterocycles. The van der Waals surface area contributed by atoms with E-state index in [-0.39, 0.29) is 5.91 Å². The van der Waals surface area contributed by atoms with Crippen molar-refractivity contribution in [2.75, 3.05) is 26.9 Å². The number of hydrogen-bond acceptors (Lipinski definition) is 3. The third-order valence-electron chi connectivity index (χ3n) is 4.15. The van der Waals surface area contributed by atoms with Gasteiger partial charge in [-0.05, 0) is 42.7 Å². The van der Waals surface area contributed by atoms with Crippen LogP contribution in [0, 0.1) is 5.92 Å². The monoisotopic (exact) mass is 313 g/mol. The molecule has 0 aliphatic heterocycles. The molecule has 23 heavy (non-hydrogen) atoms. The van der Waals surface area contributed by atoms with Gasteiger partial charge < -0.3 is 14.8 Å². The number of carbonyl (C=O) groups excluding carboxylic acids is 1. The molecule has 1 amide bonds. The molecule has 2 aromatic rings. The summed E-state index contributed by atoms with van der Waals surface area (Å²) in [4.78, 5) is 12.4. The topological polar surface area (TPSA) is 47.6 Å². The van der Waals surface area contributed by atoms with E-state index in [1.807, 2.05) is 36.4 Å². The van der Waals surface area contributed by atoms with Crippen LogP contribution >= 0.6 is 0 Å². The number of benzene rings is 2. The van der Waals surface area contributed by atoms with Crippen molar-refractivity contribution in [3.8, 4) is 5.75 Å². The first-order valence-corrected chi connectivity index (χ1v) is 8.21. The molecular formula is C19H23NO3. The first-order valence-electron chi connectivity index (χ1n) is 8.21. The van der Waals surface area contributed by atoms with E-state index in [2.05, 4.69) is 5.32 Å². The predicted molar refractivity (Wildman–Crippen MR) is 91.0 cm³/mol. The molecule has 0 spiro atoms. The minimum atomic E-state index is -0.0500. The van der Waals surface area contributed by atoms with Crippen LogP contribution in [-0.2, 0) is 4.74 Å².